The van der Waals surface area contributed by atoms with Gasteiger partial charge in [0.2, 0.25) is 0 Å². The molecule has 0 spiro atoms. The predicted octanol–water partition coefficient (Wildman–Crippen LogP) is 0.380. The molecule has 0 saturated carbocycles. The molecule has 2 aliphatic rings. The zero-order valence-corrected chi connectivity index (χ0v) is 12.9. The van der Waals surface area contributed by atoms with Crippen LogP contribution < -0.4 is 5.32 Å². The van der Waals surface area contributed by atoms with Gasteiger partial charge in [-0.25, -0.2) is 4.79 Å². The SMILES string of the molecule is CN1C(=O)NC(c2cccc([N+](=O)[O-])c2)C2=C1CN(CCO)C2=O. The number of non-ortho nitro benzene ring substituents is 1. The Morgan fingerprint density at radius 2 is 2.17 bits per heavy atom. The second-order valence-electron chi connectivity index (χ2n) is 5.60. The van der Waals surface area contributed by atoms with Gasteiger partial charge in [0.1, 0.15) is 0 Å². The number of likely N-dealkylation sites (N-methyl/N-ethyl adjacent to an activating group) is 1. The first-order valence-electron chi connectivity index (χ1n) is 7.35. The van der Waals surface area contributed by atoms with Crippen LogP contribution in [-0.2, 0) is 4.79 Å². The number of nitrogens with zero attached hydrogens (tertiary/aromatic N) is 3. The Labute approximate surface area is 137 Å². The van der Waals surface area contributed by atoms with Crippen LogP contribution in [0.25, 0.3) is 0 Å². The predicted molar refractivity (Wildman–Crippen MR) is 82.8 cm³/mol. The standard InChI is InChI=1S/C15H16N4O5/c1-17-11-8-18(5-6-20)14(21)12(11)13(16-15(17)22)9-3-2-4-10(7-9)19(23)24/h2-4,7,13,20H,5-6,8H2,1H3,(H,16,22). The zero-order valence-electron chi connectivity index (χ0n) is 12.9. The molecule has 3 amide bonds. The van der Waals surface area contributed by atoms with E-state index in [-0.39, 0.29) is 37.3 Å². The van der Waals surface area contributed by atoms with Crippen molar-refractivity contribution in [3.05, 3.63) is 51.2 Å². The number of hydrogen-bond acceptors (Lipinski definition) is 5. The fourth-order valence-electron chi connectivity index (χ4n) is 2.99. The van der Waals surface area contributed by atoms with Crippen molar-refractivity contribution in [1.29, 1.82) is 0 Å². The molecule has 126 valence electrons. The third kappa shape index (κ3) is 2.48. The topological polar surface area (TPSA) is 116 Å². The maximum atomic E-state index is 12.6. The first-order chi connectivity index (χ1) is 11.4. The molecule has 0 radical (unpaired) electrons. The van der Waals surface area contributed by atoms with Gasteiger partial charge in [-0.3, -0.25) is 19.8 Å². The van der Waals surface area contributed by atoms with Crippen LogP contribution in [0.1, 0.15) is 11.6 Å². The highest BCUT2D eigenvalue weighted by Crippen LogP contribution is 2.36. The molecule has 1 atom stereocenters. The van der Waals surface area contributed by atoms with Crippen molar-refractivity contribution in [3.8, 4) is 0 Å². The van der Waals surface area contributed by atoms with Crippen molar-refractivity contribution in [1.82, 2.24) is 15.1 Å². The molecular weight excluding hydrogens is 316 g/mol. The molecule has 0 saturated heterocycles. The van der Waals surface area contributed by atoms with Gasteiger partial charge in [-0.2, -0.15) is 0 Å². The highest BCUT2D eigenvalue weighted by atomic mass is 16.6. The second kappa shape index (κ2) is 5.93. The van der Waals surface area contributed by atoms with E-state index in [9.17, 15) is 19.7 Å². The third-order valence-electron chi connectivity index (χ3n) is 4.22. The summed E-state index contributed by atoms with van der Waals surface area (Å²) in [5.74, 6) is -0.289. The molecule has 2 N–H and O–H groups in total. The van der Waals surface area contributed by atoms with Gasteiger partial charge in [0.05, 0.1) is 35.4 Å². The molecule has 3 rings (SSSR count). The van der Waals surface area contributed by atoms with Crippen molar-refractivity contribution < 1.29 is 19.6 Å². The Morgan fingerprint density at radius 3 is 2.83 bits per heavy atom. The van der Waals surface area contributed by atoms with Crippen molar-refractivity contribution in [2.24, 2.45) is 0 Å². The average Bonchev–Trinajstić information content (AvgIpc) is 2.89. The molecule has 24 heavy (non-hydrogen) atoms. The van der Waals surface area contributed by atoms with Gasteiger partial charge in [0.25, 0.3) is 11.6 Å². The summed E-state index contributed by atoms with van der Waals surface area (Å²) in [6, 6.07) is 4.72. The minimum Gasteiger partial charge on any atom is -0.395 e. The number of nitro benzene ring substituents is 1. The summed E-state index contributed by atoms with van der Waals surface area (Å²) < 4.78 is 0. The summed E-state index contributed by atoms with van der Waals surface area (Å²) in [5.41, 5.74) is 1.29. The number of hydrogen-bond donors (Lipinski definition) is 2. The lowest BCUT2D eigenvalue weighted by Crippen LogP contribution is -2.45. The molecule has 1 aromatic rings. The molecular formula is C15H16N4O5. The molecule has 9 heteroatoms. The number of β-amino-alcohol motifs (C(OH)–C–C–N with tert-alkyl or cyclic N) is 1. The minimum atomic E-state index is -0.750. The summed E-state index contributed by atoms with van der Waals surface area (Å²) >= 11 is 0. The average molecular weight is 332 g/mol. The van der Waals surface area contributed by atoms with Gasteiger partial charge in [0, 0.05) is 25.7 Å². The van der Waals surface area contributed by atoms with Gasteiger partial charge in [-0.05, 0) is 5.56 Å². The van der Waals surface area contributed by atoms with Crippen molar-refractivity contribution in [2.45, 2.75) is 6.04 Å². The lowest BCUT2D eigenvalue weighted by molar-refractivity contribution is -0.384. The Hall–Kier alpha value is -2.94. The number of amides is 3. The van der Waals surface area contributed by atoms with E-state index in [0.29, 0.717) is 16.8 Å². The van der Waals surface area contributed by atoms with E-state index < -0.39 is 11.0 Å². The number of nitrogens with one attached hydrogen (secondary N) is 1. The van der Waals surface area contributed by atoms with Crippen LogP contribution in [0.3, 0.4) is 0 Å². The molecule has 0 aliphatic carbocycles. The molecule has 0 aromatic heterocycles. The summed E-state index contributed by atoms with van der Waals surface area (Å²) in [5, 5.41) is 22.8. The number of carbonyl (C=O) groups is 2. The molecule has 2 aliphatic heterocycles. The van der Waals surface area contributed by atoms with E-state index in [1.165, 1.54) is 28.0 Å². The van der Waals surface area contributed by atoms with Crippen LogP contribution >= 0.6 is 0 Å². The van der Waals surface area contributed by atoms with Gasteiger partial charge < -0.3 is 15.3 Å². The fraction of sp³-hybridized carbons (Fsp3) is 0.333. The molecule has 1 unspecified atom stereocenters. The summed E-state index contributed by atoms with van der Waals surface area (Å²) in [6.07, 6.45) is 0. The molecule has 1 aromatic carbocycles. The highest BCUT2D eigenvalue weighted by Gasteiger charge is 2.42. The lowest BCUT2D eigenvalue weighted by atomic mass is 9.95. The second-order valence-corrected chi connectivity index (χ2v) is 5.60. The smallest absolute Gasteiger partial charge is 0.322 e. The largest absolute Gasteiger partial charge is 0.395 e. The number of benzene rings is 1. The summed E-state index contributed by atoms with van der Waals surface area (Å²) in [4.78, 5) is 38.1. The Kier molecular flexibility index (Phi) is 3.94. The van der Waals surface area contributed by atoms with Gasteiger partial charge in [-0.15, -0.1) is 0 Å². The quantitative estimate of drug-likeness (QED) is 0.611. The number of carbonyl (C=O) groups excluding carboxylic acids is 2. The third-order valence-corrected chi connectivity index (χ3v) is 4.22. The molecule has 0 bridgehead atoms. The van der Waals surface area contributed by atoms with E-state index >= 15 is 0 Å². The van der Waals surface area contributed by atoms with Crippen molar-refractivity contribution in [3.63, 3.8) is 0 Å². The number of urea groups is 1. The van der Waals surface area contributed by atoms with Crippen LogP contribution in [0.5, 0.6) is 0 Å². The molecule has 9 nitrogen and oxygen atoms in total. The summed E-state index contributed by atoms with van der Waals surface area (Å²) in [7, 11) is 1.56. The Balaban J connectivity index is 2.04. The molecule has 0 fully saturated rings. The normalized spacial score (nSPS) is 20.3. The van der Waals surface area contributed by atoms with E-state index in [0.717, 1.165) is 0 Å². The van der Waals surface area contributed by atoms with Crippen molar-refractivity contribution in [2.75, 3.05) is 26.7 Å². The Morgan fingerprint density at radius 1 is 1.42 bits per heavy atom. The van der Waals surface area contributed by atoms with E-state index in [1.54, 1.807) is 13.1 Å². The number of aliphatic hydroxyl groups excluding tert-OH is 1. The van der Waals surface area contributed by atoms with Crippen LogP contribution in [0.4, 0.5) is 10.5 Å². The first-order valence-corrected chi connectivity index (χ1v) is 7.35. The highest BCUT2D eigenvalue weighted by molar-refractivity contribution is 6.01. The van der Waals surface area contributed by atoms with Gasteiger partial charge in [0.15, 0.2) is 0 Å². The fourth-order valence-corrected chi connectivity index (χ4v) is 2.99. The van der Waals surface area contributed by atoms with Gasteiger partial charge in [-0.1, -0.05) is 12.1 Å². The number of aliphatic hydroxyl groups is 1. The number of rotatable bonds is 4. The maximum Gasteiger partial charge on any atom is 0.322 e. The number of nitro groups is 1. The minimum absolute atomic E-state index is 0.111. The Bertz CT molecular complexity index is 760. The van der Waals surface area contributed by atoms with E-state index in [4.69, 9.17) is 5.11 Å². The summed E-state index contributed by atoms with van der Waals surface area (Å²) in [6.45, 7) is 0.207. The van der Waals surface area contributed by atoms with Crippen LogP contribution in [0.15, 0.2) is 35.5 Å². The lowest BCUT2D eigenvalue weighted by Gasteiger charge is -2.31. The van der Waals surface area contributed by atoms with E-state index in [2.05, 4.69) is 5.32 Å². The van der Waals surface area contributed by atoms with Crippen LogP contribution in [0.2, 0.25) is 0 Å². The monoisotopic (exact) mass is 332 g/mol. The molecule has 2 heterocycles. The van der Waals surface area contributed by atoms with Crippen LogP contribution in [-0.4, -0.2) is 58.5 Å². The van der Waals surface area contributed by atoms with Gasteiger partial charge >= 0.3 is 6.03 Å². The van der Waals surface area contributed by atoms with E-state index in [1.807, 2.05) is 0 Å². The van der Waals surface area contributed by atoms with Crippen LogP contribution in [0, 0.1) is 10.1 Å². The van der Waals surface area contributed by atoms with Crippen molar-refractivity contribution >= 4 is 17.6 Å². The zero-order chi connectivity index (χ0) is 17.4. The maximum absolute atomic E-state index is 12.6. The first kappa shape index (κ1) is 15.9.